The summed E-state index contributed by atoms with van der Waals surface area (Å²) in [6.45, 7) is 3.19. The second kappa shape index (κ2) is 6.57. The van der Waals surface area contributed by atoms with Crippen molar-refractivity contribution in [1.82, 2.24) is 15.3 Å². The third-order valence-corrected chi connectivity index (χ3v) is 4.67. The highest BCUT2D eigenvalue weighted by molar-refractivity contribution is 5.93. The summed E-state index contributed by atoms with van der Waals surface area (Å²) in [5.74, 6) is 1.48. The number of rotatable bonds is 4. The van der Waals surface area contributed by atoms with E-state index in [0.29, 0.717) is 5.92 Å². The number of para-hydroxylation sites is 1. The molecule has 2 aromatic carbocycles. The number of nitrogens with zero attached hydrogens (tertiary/aromatic N) is 3. The van der Waals surface area contributed by atoms with E-state index in [0.717, 1.165) is 47.7 Å². The zero-order valence-corrected chi connectivity index (χ0v) is 13.9. The Balaban J connectivity index is 1.76. The fourth-order valence-corrected chi connectivity index (χ4v) is 3.39. The van der Waals surface area contributed by atoms with Crippen LogP contribution < -0.4 is 10.2 Å². The highest BCUT2D eigenvalue weighted by Crippen LogP contribution is 2.28. The van der Waals surface area contributed by atoms with Crippen molar-refractivity contribution in [3.05, 3.63) is 54.6 Å². The van der Waals surface area contributed by atoms with Crippen molar-refractivity contribution in [2.24, 2.45) is 5.92 Å². The van der Waals surface area contributed by atoms with Crippen LogP contribution in [0.5, 0.6) is 0 Å². The molecule has 1 unspecified atom stereocenters. The number of fused-ring (bicyclic) bond motifs is 1. The van der Waals surface area contributed by atoms with E-state index in [1.54, 1.807) is 0 Å². The van der Waals surface area contributed by atoms with Crippen LogP contribution in [0.3, 0.4) is 0 Å². The van der Waals surface area contributed by atoms with E-state index in [1.807, 2.05) is 18.2 Å². The fourth-order valence-electron chi connectivity index (χ4n) is 3.39. The maximum absolute atomic E-state index is 4.91. The lowest BCUT2D eigenvalue weighted by Crippen LogP contribution is -2.28. The number of hydrogen-bond donors (Lipinski definition) is 1. The number of anilines is 1. The standard InChI is InChI=1S/C20H22N4/c1-24(14-15-11-12-21-13-15)20-22-18-10-6-5-9-17(18)19(23-20)16-7-3-2-4-8-16/h2-10,15,21H,11-14H2,1H3. The van der Waals surface area contributed by atoms with Crippen molar-refractivity contribution < 1.29 is 0 Å². The lowest BCUT2D eigenvalue weighted by Gasteiger charge is -2.22. The minimum atomic E-state index is 0.672. The Kier molecular flexibility index (Phi) is 4.13. The molecule has 0 bridgehead atoms. The Hall–Kier alpha value is -2.46. The molecule has 122 valence electrons. The maximum atomic E-state index is 4.91. The first-order valence-corrected chi connectivity index (χ1v) is 8.55. The van der Waals surface area contributed by atoms with Crippen molar-refractivity contribution in [3.8, 4) is 11.3 Å². The van der Waals surface area contributed by atoms with Gasteiger partial charge < -0.3 is 10.2 Å². The fraction of sp³-hybridized carbons (Fsp3) is 0.300. The lowest BCUT2D eigenvalue weighted by molar-refractivity contribution is 0.573. The van der Waals surface area contributed by atoms with Gasteiger partial charge in [0.1, 0.15) is 0 Å². The van der Waals surface area contributed by atoms with Gasteiger partial charge in [-0.1, -0.05) is 48.5 Å². The molecule has 1 atom stereocenters. The monoisotopic (exact) mass is 318 g/mol. The Morgan fingerprint density at radius 2 is 1.83 bits per heavy atom. The first-order chi connectivity index (χ1) is 11.8. The molecule has 4 rings (SSSR count). The molecule has 1 fully saturated rings. The molecule has 0 radical (unpaired) electrons. The molecule has 0 saturated carbocycles. The zero-order valence-electron chi connectivity index (χ0n) is 13.9. The van der Waals surface area contributed by atoms with Gasteiger partial charge in [0, 0.05) is 24.5 Å². The van der Waals surface area contributed by atoms with Crippen LogP contribution in [0, 0.1) is 5.92 Å². The molecule has 4 nitrogen and oxygen atoms in total. The number of nitrogens with one attached hydrogen (secondary N) is 1. The van der Waals surface area contributed by atoms with E-state index in [1.165, 1.54) is 6.42 Å². The molecule has 3 aromatic rings. The normalized spacial score (nSPS) is 17.3. The van der Waals surface area contributed by atoms with E-state index in [2.05, 4.69) is 53.7 Å². The smallest absolute Gasteiger partial charge is 0.226 e. The van der Waals surface area contributed by atoms with Crippen LogP contribution in [0.2, 0.25) is 0 Å². The van der Waals surface area contributed by atoms with Crippen molar-refractivity contribution in [3.63, 3.8) is 0 Å². The summed E-state index contributed by atoms with van der Waals surface area (Å²) in [4.78, 5) is 11.9. The third-order valence-electron chi connectivity index (χ3n) is 4.67. The van der Waals surface area contributed by atoms with E-state index < -0.39 is 0 Å². The summed E-state index contributed by atoms with van der Waals surface area (Å²) in [5, 5.41) is 4.53. The summed E-state index contributed by atoms with van der Waals surface area (Å²) < 4.78 is 0. The molecule has 1 aromatic heterocycles. The van der Waals surface area contributed by atoms with Gasteiger partial charge in [0.2, 0.25) is 5.95 Å². The number of hydrogen-bond acceptors (Lipinski definition) is 4. The molecule has 24 heavy (non-hydrogen) atoms. The van der Waals surface area contributed by atoms with Crippen molar-refractivity contribution >= 4 is 16.9 Å². The summed E-state index contributed by atoms with van der Waals surface area (Å²) in [6, 6.07) is 18.6. The van der Waals surface area contributed by atoms with Crippen molar-refractivity contribution in [2.45, 2.75) is 6.42 Å². The van der Waals surface area contributed by atoms with Gasteiger partial charge in [-0.05, 0) is 31.5 Å². The van der Waals surface area contributed by atoms with Crippen LogP contribution in [0.1, 0.15) is 6.42 Å². The Morgan fingerprint density at radius 3 is 2.62 bits per heavy atom. The van der Waals surface area contributed by atoms with E-state index in [4.69, 9.17) is 9.97 Å². The third kappa shape index (κ3) is 2.97. The van der Waals surface area contributed by atoms with Crippen LogP contribution in [0.4, 0.5) is 5.95 Å². The van der Waals surface area contributed by atoms with Crippen molar-refractivity contribution in [2.75, 3.05) is 31.6 Å². The topological polar surface area (TPSA) is 41.0 Å². The molecular formula is C20H22N4. The average molecular weight is 318 g/mol. The lowest BCUT2D eigenvalue weighted by atomic mass is 10.1. The molecule has 1 N–H and O–H groups in total. The van der Waals surface area contributed by atoms with Gasteiger partial charge in [-0.2, -0.15) is 0 Å². The zero-order chi connectivity index (χ0) is 16.4. The first-order valence-electron chi connectivity index (χ1n) is 8.55. The average Bonchev–Trinajstić information content (AvgIpc) is 3.14. The second-order valence-electron chi connectivity index (χ2n) is 6.49. The van der Waals surface area contributed by atoms with E-state index in [-0.39, 0.29) is 0 Å². The Bertz CT molecular complexity index is 825. The van der Waals surface area contributed by atoms with Crippen molar-refractivity contribution in [1.29, 1.82) is 0 Å². The molecule has 1 aliphatic rings. The van der Waals surface area contributed by atoms with E-state index >= 15 is 0 Å². The Labute approximate surface area is 142 Å². The Morgan fingerprint density at radius 1 is 1.04 bits per heavy atom. The molecule has 0 aliphatic carbocycles. The van der Waals surface area contributed by atoms with Gasteiger partial charge in [-0.15, -0.1) is 0 Å². The summed E-state index contributed by atoms with van der Waals surface area (Å²) in [7, 11) is 2.09. The summed E-state index contributed by atoms with van der Waals surface area (Å²) >= 11 is 0. The van der Waals surface area contributed by atoms with Gasteiger partial charge in [-0.3, -0.25) is 0 Å². The van der Waals surface area contributed by atoms with E-state index in [9.17, 15) is 0 Å². The largest absolute Gasteiger partial charge is 0.344 e. The molecule has 1 aliphatic heterocycles. The van der Waals surface area contributed by atoms with Crippen LogP contribution >= 0.6 is 0 Å². The second-order valence-corrected chi connectivity index (χ2v) is 6.49. The molecule has 2 heterocycles. The highest BCUT2D eigenvalue weighted by atomic mass is 15.2. The van der Waals surface area contributed by atoms with Crippen LogP contribution in [-0.2, 0) is 0 Å². The number of benzene rings is 2. The summed E-state index contributed by atoms with van der Waals surface area (Å²) in [5.41, 5.74) is 3.14. The molecular weight excluding hydrogens is 296 g/mol. The number of aromatic nitrogens is 2. The van der Waals surface area contributed by atoms with Crippen LogP contribution in [-0.4, -0.2) is 36.6 Å². The minimum absolute atomic E-state index is 0.672. The SMILES string of the molecule is CN(CC1CCNC1)c1nc(-c2ccccc2)c2ccccc2n1. The summed E-state index contributed by atoms with van der Waals surface area (Å²) in [6.07, 6.45) is 1.23. The van der Waals surface area contributed by atoms with Crippen LogP contribution in [0.15, 0.2) is 54.6 Å². The maximum Gasteiger partial charge on any atom is 0.226 e. The van der Waals surface area contributed by atoms with Gasteiger partial charge in [0.05, 0.1) is 11.2 Å². The molecule has 4 heteroatoms. The van der Waals surface area contributed by atoms with Crippen LogP contribution in [0.25, 0.3) is 22.2 Å². The molecule has 0 spiro atoms. The van der Waals surface area contributed by atoms with Gasteiger partial charge in [0.15, 0.2) is 0 Å². The quantitative estimate of drug-likeness (QED) is 0.801. The van der Waals surface area contributed by atoms with Gasteiger partial charge in [0.25, 0.3) is 0 Å². The predicted molar refractivity (Wildman–Crippen MR) is 99.2 cm³/mol. The first kappa shape index (κ1) is 15.1. The molecule has 0 amide bonds. The highest BCUT2D eigenvalue weighted by Gasteiger charge is 2.19. The minimum Gasteiger partial charge on any atom is -0.344 e. The van der Waals surface area contributed by atoms with Gasteiger partial charge >= 0.3 is 0 Å². The predicted octanol–water partition coefficient (Wildman–Crippen LogP) is 3.34. The van der Waals surface area contributed by atoms with Gasteiger partial charge in [-0.25, -0.2) is 9.97 Å². The molecule has 1 saturated heterocycles.